The minimum atomic E-state index is -0.0267. The smallest absolute Gasteiger partial charge is 0.234 e. The Balaban J connectivity index is 2.56. The fourth-order valence-electron chi connectivity index (χ4n) is 1.15. The van der Waals surface area contributed by atoms with Crippen LogP contribution in [0.2, 0.25) is 0 Å². The zero-order valence-electron chi connectivity index (χ0n) is 9.36. The van der Waals surface area contributed by atoms with Gasteiger partial charge in [-0.1, -0.05) is 0 Å². The van der Waals surface area contributed by atoms with Gasteiger partial charge in [-0.15, -0.1) is 0 Å². The van der Waals surface area contributed by atoms with Crippen LogP contribution in [0.4, 0.5) is 5.82 Å². The van der Waals surface area contributed by atoms with E-state index in [1.54, 1.807) is 19.5 Å². The van der Waals surface area contributed by atoms with E-state index in [2.05, 4.69) is 15.3 Å². The Kier molecular flexibility index (Phi) is 4.83. The molecule has 0 aliphatic carbocycles. The molecule has 1 heterocycles. The first-order valence-electron chi connectivity index (χ1n) is 4.97. The molecule has 84 valence electrons. The quantitative estimate of drug-likeness (QED) is 0.769. The number of nitrogens with zero attached hydrogens (tertiary/aromatic N) is 2. The summed E-state index contributed by atoms with van der Waals surface area (Å²) >= 11 is 0. The van der Waals surface area contributed by atoms with Crippen molar-refractivity contribution in [1.29, 1.82) is 0 Å². The van der Waals surface area contributed by atoms with Gasteiger partial charge < -0.3 is 14.8 Å². The van der Waals surface area contributed by atoms with Gasteiger partial charge in [-0.3, -0.25) is 4.98 Å². The monoisotopic (exact) mass is 211 g/mol. The van der Waals surface area contributed by atoms with Gasteiger partial charge in [-0.25, -0.2) is 0 Å². The summed E-state index contributed by atoms with van der Waals surface area (Å²) < 4.78 is 10.5. The average molecular weight is 211 g/mol. The van der Waals surface area contributed by atoms with Crippen molar-refractivity contribution in [2.45, 2.75) is 20.0 Å². The zero-order valence-corrected chi connectivity index (χ0v) is 9.36. The molecule has 15 heavy (non-hydrogen) atoms. The Labute approximate surface area is 89.8 Å². The summed E-state index contributed by atoms with van der Waals surface area (Å²) in [6, 6.07) is 0. The molecule has 0 aliphatic rings. The maximum atomic E-state index is 5.50. The van der Waals surface area contributed by atoms with Crippen LogP contribution in [0.3, 0.4) is 0 Å². The van der Waals surface area contributed by atoms with Crippen molar-refractivity contribution < 1.29 is 9.47 Å². The molecular weight excluding hydrogens is 194 g/mol. The van der Waals surface area contributed by atoms with Crippen LogP contribution in [0.25, 0.3) is 0 Å². The Hall–Kier alpha value is -1.36. The molecule has 0 aromatic carbocycles. The predicted molar refractivity (Wildman–Crippen MR) is 58.2 cm³/mol. The highest BCUT2D eigenvalue weighted by molar-refractivity contribution is 5.32. The van der Waals surface area contributed by atoms with Gasteiger partial charge in [-0.05, 0) is 13.8 Å². The van der Waals surface area contributed by atoms with Gasteiger partial charge in [0.15, 0.2) is 0 Å². The van der Waals surface area contributed by atoms with Gasteiger partial charge in [0.1, 0.15) is 11.9 Å². The Morgan fingerprint density at radius 2 is 2.27 bits per heavy atom. The van der Waals surface area contributed by atoms with E-state index in [0.717, 1.165) is 12.4 Å². The molecule has 1 unspecified atom stereocenters. The van der Waals surface area contributed by atoms with Gasteiger partial charge in [0.2, 0.25) is 5.88 Å². The van der Waals surface area contributed by atoms with Crippen molar-refractivity contribution in [3.8, 4) is 5.88 Å². The van der Waals surface area contributed by atoms with Gasteiger partial charge in [0.05, 0.1) is 19.0 Å². The van der Waals surface area contributed by atoms with E-state index in [0.29, 0.717) is 12.5 Å². The topological polar surface area (TPSA) is 56.3 Å². The van der Waals surface area contributed by atoms with E-state index in [9.17, 15) is 0 Å². The number of rotatable bonds is 6. The number of anilines is 1. The Morgan fingerprint density at radius 1 is 1.47 bits per heavy atom. The standard InChI is InChI=1S/C10H17N3O2/c1-4-12-9-5-11-6-10(13-9)15-8(2)7-14-3/h5-6,8H,4,7H2,1-3H3,(H,12,13). The lowest BCUT2D eigenvalue weighted by atomic mass is 10.4. The highest BCUT2D eigenvalue weighted by atomic mass is 16.5. The summed E-state index contributed by atoms with van der Waals surface area (Å²) in [5.41, 5.74) is 0. The number of ether oxygens (including phenoxy) is 2. The van der Waals surface area contributed by atoms with Crippen LogP contribution in [-0.2, 0) is 4.74 Å². The van der Waals surface area contributed by atoms with E-state index >= 15 is 0 Å². The first-order chi connectivity index (χ1) is 7.26. The molecule has 0 saturated heterocycles. The highest BCUT2D eigenvalue weighted by Crippen LogP contribution is 2.10. The molecule has 1 aromatic heterocycles. The van der Waals surface area contributed by atoms with Crippen LogP contribution in [0.5, 0.6) is 5.88 Å². The van der Waals surface area contributed by atoms with E-state index in [1.807, 2.05) is 13.8 Å². The summed E-state index contributed by atoms with van der Waals surface area (Å²) in [6.45, 7) is 5.27. The van der Waals surface area contributed by atoms with Crippen molar-refractivity contribution in [1.82, 2.24) is 9.97 Å². The third-order valence-corrected chi connectivity index (χ3v) is 1.69. The number of hydrogen-bond donors (Lipinski definition) is 1. The molecule has 1 N–H and O–H groups in total. The minimum absolute atomic E-state index is 0.0267. The van der Waals surface area contributed by atoms with Gasteiger partial charge in [0, 0.05) is 13.7 Å². The van der Waals surface area contributed by atoms with Crippen molar-refractivity contribution in [3.63, 3.8) is 0 Å². The molecule has 0 radical (unpaired) electrons. The van der Waals surface area contributed by atoms with Gasteiger partial charge in [-0.2, -0.15) is 4.98 Å². The van der Waals surface area contributed by atoms with Crippen LogP contribution in [0.15, 0.2) is 12.4 Å². The maximum Gasteiger partial charge on any atom is 0.234 e. The molecule has 5 nitrogen and oxygen atoms in total. The van der Waals surface area contributed by atoms with Gasteiger partial charge in [0.25, 0.3) is 0 Å². The first kappa shape index (κ1) is 11.7. The average Bonchev–Trinajstić information content (AvgIpc) is 2.19. The minimum Gasteiger partial charge on any atom is -0.471 e. The van der Waals surface area contributed by atoms with E-state index in [4.69, 9.17) is 9.47 Å². The molecule has 0 saturated carbocycles. The molecular formula is C10H17N3O2. The van der Waals surface area contributed by atoms with Crippen molar-refractivity contribution in [2.75, 3.05) is 25.6 Å². The molecule has 1 rings (SSSR count). The summed E-state index contributed by atoms with van der Waals surface area (Å²) in [5.74, 6) is 1.23. The SMILES string of the molecule is CCNc1cncc(OC(C)COC)n1. The Bertz CT molecular complexity index is 294. The second-order valence-corrected chi connectivity index (χ2v) is 3.16. The summed E-state index contributed by atoms with van der Waals surface area (Å²) in [4.78, 5) is 8.26. The van der Waals surface area contributed by atoms with E-state index in [1.165, 1.54) is 0 Å². The fraction of sp³-hybridized carbons (Fsp3) is 0.600. The molecule has 1 aromatic rings. The molecule has 5 heteroatoms. The Morgan fingerprint density at radius 3 is 2.93 bits per heavy atom. The van der Waals surface area contributed by atoms with Crippen LogP contribution in [0.1, 0.15) is 13.8 Å². The number of methoxy groups -OCH3 is 1. The van der Waals surface area contributed by atoms with Crippen LogP contribution < -0.4 is 10.1 Å². The van der Waals surface area contributed by atoms with Gasteiger partial charge >= 0.3 is 0 Å². The molecule has 0 bridgehead atoms. The third-order valence-electron chi connectivity index (χ3n) is 1.69. The molecule has 0 spiro atoms. The van der Waals surface area contributed by atoms with E-state index < -0.39 is 0 Å². The molecule has 0 fully saturated rings. The van der Waals surface area contributed by atoms with Crippen molar-refractivity contribution >= 4 is 5.82 Å². The number of nitrogens with one attached hydrogen (secondary N) is 1. The third kappa shape index (κ3) is 4.12. The normalized spacial score (nSPS) is 12.2. The number of aromatic nitrogens is 2. The van der Waals surface area contributed by atoms with Crippen molar-refractivity contribution in [2.24, 2.45) is 0 Å². The second kappa shape index (κ2) is 6.19. The lowest BCUT2D eigenvalue weighted by molar-refractivity contribution is 0.0888. The largest absolute Gasteiger partial charge is 0.471 e. The van der Waals surface area contributed by atoms with Crippen LogP contribution in [-0.4, -0.2) is 36.3 Å². The zero-order chi connectivity index (χ0) is 11.1. The lowest BCUT2D eigenvalue weighted by Crippen LogP contribution is -2.18. The summed E-state index contributed by atoms with van der Waals surface area (Å²) in [6.07, 6.45) is 3.23. The maximum absolute atomic E-state index is 5.50. The van der Waals surface area contributed by atoms with Crippen LogP contribution >= 0.6 is 0 Å². The first-order valence-corrected chi connectivity index (χ1v) is 4.97. The summed E-state index contributed by atoms with van der Waals surface area (Å²) in [7, 11) is 1.64. The lowest BCUT2D eigenvalue weighted by Gasteiger charge is -2.12. The van der Waals surface area contributed by atoms with Crippen molar-refractivity contribution in [3.05, 3.63) is 12.4 Å². The predicted octanol–water partition coefficient (Wildman–Crippen LogP) is 1.32. The second-order valence-electron chi connectivity index (χ2n) is 3.16. The molecule has 0 amide bonds. The number of hydrogen-bond acceptors (Lipinski definition) is 5. The molecule has 0 aliphatic heterocycles. The molecule has 1 atom stereocenters. The van der Waals surface area contributed by atoms with E-state index in [-0.39, 0.29) is 6.10 Å². The highest BCUT2D eigenvalue weighted by Gasteiger charge is 2.05. The van der Waals surface area contributed by atoms with Crippen LogP contribution in [0, 0.1) is 0 Å². The summed E-state index contributed by atoms with van der Waals surface area (Å²) in [5, 5.41) is 3.07. The fourth-order valence-corrected chi connectivity index (χ4v) is 1.15.